The van der Waals surface area contributed by atoms with Crippen molar-refractivity contribution in [1.82, 2.24) is 24.8 Å². The van der Waals surface area contributed by atoms with E-state index in [1.807, 2.05) is 67.6 Å². The van der Waals surface area contributed by atoms with Crippen molar-refractivity contribution in [1.29, 1.82) is 0 Å². The zero-order valence-electron chi connectivity index (χ0n) is 23.3. The number of aromatic nitrogens is 3. The second-order valence-electron chi connectivity index (χ2n) is 10.3. The summed E-state index contributed by atoms with van der Waals surface area (Å²) in [6.45, 7) is 6.34. The lowest BCUT2D eigenvalue weighted by atomic mass is 10.1. The number of benzene rings is 2. The number of hydrogen-bond donors (Lipinski definition) is 4. The number of carbonyl (C=O) groups excluding carboxylic acids is 1. The molecule has 1 saturated heterocycles. The van der Waals surface area contributed by atoms with Crippen LogP contribution in [0, 0.1) is 6.92 Å². The van der Waals surface area contributed by atoms with Crippen molar-refractivity contribution < 1.29 is 19.1 Å². The van der Waals surface area contributed by atoms with E-state index in [0.717, 1.165) is 60.8 Å². The zero-order valence-corrected chi connectivity index (χ0v) is 24.2. The maximum Gasteiger partial charge on any atom is 0.326 e. The summed E-state index contributed by atoms with van der Waals surface area (Å²) in [5, 5.41) is 6.24. The molecule has 1 fully saturated rings. The molecule has 0 spiro atoms. The molecule has 0 radical (unpaired) electrons. The number of hydrogen-bond acceptors (Lipinski definition) is 8. The number of amides is 1. The highest BCUT2D eigenvalue weighted by Crippen LogP contribution is 2.33. The molecular weight excluding hydrogens is 553 g/mol. The quantitative estimate of drug-likeness (QED) is 0.200. The lowest BCUT2D eigenvalue weighted by molar-refractivity contribution is 0.102. The molecule has 1 aliphatic heterocycles. The number of anilines is 3. The van der Waals surface area contributed by atoms with E-state index in [9.17, 15) is 9.36 Å². The van der Waals surface area contributed by atoms with Crippen LogP contribution in [0.1, 0.15) is 21.5 Å². The summed E-state index contributed by atoms with van der Waals surface area (Å²) in [5.41, 5.74) is 5.73. The molecule has 5 rings (SSSR count). The van der Waals surface area contributed by atoms with Crippen molar-refractivity contribution in [2.45, 2.75) is 13.5 Å². The van der Waals surface area contributed by atoms with Crippen molar-refractivity contribution in [3.8, 4) is 11.3 Å². The molecule has 12 heteroatoms. The van der Waals surface area contributed by atoms with Crippen LogP contribution < -0.4 is 10.6 Å². The molecule has 3 heterocycles. The predicted molar refractivity (Wildman–Crippen MR) is 163 cm³/mol. The first kappa shape index (κ1) is 29.5. The van der Waals surface area contributed by atoms with E-state index in [-0.39, 0.29) is 12.1 Å². The van der Waals surface area contributed by atoms with E-state index in [2.05, 4.69) is 35.4 Å². The molecule has 0 atom stereocenters. The van der Waals surface area contributed by atoms with Gasteiger partial charge in [-0.15, -0.1) is 0 Å². The topological polar surface area (TPSA) is 144 Å². The average molecular weight is 588 g/mol. The van der Waals surface area contributed by atoms with Gasteiger partial charge in [0.25, 0.3) is 5.91 Å². The van der Waals surface area contributed by atoms with Crippen LogP contribution in [0.3, 0.4) is 0 Å². The Hall–Kier alpha value is -3.99. The van der Waals surface area contributed by atoms with E-state index in [0.29, 0.717) is 23.7 Å². The molecule has 1 amide bonds. The van der Waals surface area contributed by atoms with Crippen LogP contribution in [-0.2, 0) is 11.1 Å². The standard InChI is InChI=1S/C30H34N7O4P/c1-22-4-9-26(19-28(22)35-30-32-12-10-27(34-30)25-3-2-11-31-20-25)33-29(38)24-7-5-23(6-8-24)21-37-15-13-36(14-16-37)17-18-42(39,40)41/h2-12,19-20H,13-18,21H2,1H3,(H,33,38)(H,32,34,35)(H2,39,40,41). The Bertz CT molecular complexity index is 1560. The molecule has 0 unspecified atom stereocenters. The molecule has 4 N–H and O–H groups in total. The minimum Gasteiger partial charge on any atom is -0.324 e. The van der Waals surface area contributed by atoms with Crippen molar-refractivity contribution >= 4 is 30.8 Å². The van der Waals surface area contributed by atoms with Gasteiger partial charge in [0.15, 0.2) is 0 Å². The first-order valence-corrected chi connectivity index (χ1v) is 15.5. The maximum absolute atomic E-state index is 13.0. The minimum atomic E-state index is -3.97. The average Bonchev–Trinajstić information content (AvgIpc) is 2.99. The van der Waals surface area contributed by atoms with Gasteiger partial charge in [-0.3, -0.25) is 19.2 Å². The fourth-order valence-electron chi connectivity index (χ4n) is 4.71. The summed E-state index contributed by atoms with van der Waals surface area (Å²) < 4.78 is 11.1. The number of rotatable bonds is 10. The second-order valence-corrected chi connectivity index (χ2v) is 12.1. The highest BCUT2D eigenvalue weighted by atomic mass is 31.2. The van der Waals surface area contributed by atoms with E-state index in [1.165, 1.54) is 0 Å². The highest BCUT2D eigenvalue weighted by molar-refractivity contribution is 7.51. The molecule has 42 heavy (non-hydrogen) atoms. The molecule has 2 aromatic heterocycles. The van der Waals surface area contributed by atoms with Gasteiger partial charge in [0, 0.05) is 80.4 Å². The number of nitrogens with zero attached hydrogens (tertiary/aromatic N) is 5. The lowest BCUT2D eigenvalue weighted by Crippen LogP contribution is -2.46. The van der Waals surface area contributed by atoms with E-state index in [1.54, 1.807) is 18.6 Å². The van der Waals surface area contributed by atoms with Crippen LogP contribution in [-0.4, -0.2) is 79.3 Å². The zero-order chi connectivity index (χ0) is 29.5. The number of carbonyl (C=O) groups is 1. The van der Waals surface area contributed by atoms with Gasteiger partial charge in [-0.1, -0.05) is 18.2 Å². The van der Waals surface area contributed by atoms with Crippen molar-refractivity contribution in [3.63, 3.8) is 0 Å². The first-order chi connectivity index (χ1) is 20.2. The van der Waals surface area contributed by atoms with Crippen LogP contribution in [0.5, 0.6) is 0 Å². The van der Waals surface area contributed by atoms with Crippen LogP contribution in [0.25, 0.3) is 11.3 Å². The van der Waals surface area contributed by atoms with Crippen molar-refractivity contribution in [2.75, 3.05) is 49.5 Å². The molecule has 0 aliphatic carbocycles. The van der Waals surface area contributed by atoms with Gasteiger partial charge >= 0.3 is 7.60 Å². The molecule has 4 aromatic rings. The Kier molecular flexibility index (Phi) is 9.36. The number of nitrogens with one attached hydrogen (secondary N) is 2. The normalized spacial score (nSPS) is 14.5. The summed E-state index contributed by atoms with van der Waals surface area (Å²) in [4.78, 5) is 48.7. The van der Waals surface area contributed by atoms with Gasteiger partial charge in [0.2, 0.25) is 5.95 Å². The second kappa shape index (κ2) is 13.3. The summed E-state index contributed by atoms with van der Waals surface area (Å²) in [6, 6.07) is 18.9. The maximum atomic E-state index is 13.0. The van der Waals surface area contributed by atoms with E-state index < -0.39 is 7.60 Å². The Morgan fingerprint density at radius 2 is 1.74 bits per heavy atom. The van der Waals surface area contributed by atoms with E-state index >= 15 is 0 Å². The molecule has 1 aliphatic rings. The first-order valence-electron chi connectivity index (χ1n) is 13.7. The van der Waals surface area contributed by atoms with Gasteiger partial charge < -0.3 is 25.3 Å². The molecule has 0 bridgehead atoms. The van der Waals surface area contributed by atoms with Gasteiger partial charge in [-0.25, -0.2) is 9.97 Å². The Morgan fingerprint density at radius 1 is 0.976 bits per heavy atom. The van der Waals surface area contributed by atoms with E-state index in [4.69, 9.17) is 9.79 Å². The number of aryl methyl sites for hydroxylation is 1. The Morgan fingerprint density at radius 3 is 2.45 bits per heavy atom. The molecular formula is C30H34N7O4P. The largest absolute Gasteiger partial charge is 0.326 e. The lowest BCUT2D eigenvalue weighted by Gasteiger charge is -2.34. The monoisotopic (exact) mass is 587 g/mol. The van der Waals surface area contributed by atoms with Crippen molar-refractivity contribution in [2.24, 2.45) is 0 Å². The minimum absolute atomic E-state index is 0.105. The van der Waals surface area contributed by atoms with Crippen LogP contribution in [0.4, 0.5) is 17.3 Å². The van der Waals surface area contributed by atoms with Crippen LogP contribution >= 0.6 is 7.60 Å². The summed E-state index contributed by atoms with van der Waals surface area (Å²) >= 11 is 0. The van der Waals surface area contributed by atoms with Gasteiger partial charge in [0.05, 0.1) is 11.9 Å². The third-order valence-corrected chi connectivity index (χ3v) is 7.93. The fraction of sp³-hybridized carbons (Fsp3) is 0.267. The summed E-state index contributed by atoms with van der Waals surface area (Å²) in [5.74, 6) is 0.242. The molecule has 0 saturated carbocycles. The Balaban J connectivity index is 1.16. The third kappa shape index (κ3) is 8.28. The molecule has 11 nitrogen and oxygen atoms in total. The highest BCUT2D eigenvalue weighted by Gasteiger charge is 2.20. The Labute approximate surface area is 244 Å². The molecule has 2 aromatic carbocycles. The smallest absolute Gasteiger partial charge is 0.324 e. The summed E-state index contributed by atoms with van der Waals surface area (Å²) in [6.07, 6.45) is 5.06. The SMILES string of the molecule is Cc1ccc(NC(=O)c2ccc(CN3CCN(CCP(=O)(O)O)CC3)cc2)cc1Nc1nccc(-c2cccnc2)n1. The number of piperazine rings is 1. The third-order valence-electron chi connectivity index (χ3n) is 7.15. The van der Waals surface area contributed by atoms with Gasteiger partial charge in [-0.05, 0) is 60.5 Å². The molecule has 218 valence electrons. The predicted octanol–water partition coefficient (Wildman–Crippen LogP) is 4.14. The van der Waals surface area contributed by atoms with Crippen molar-refractivity contribution in [3.05, 3.63) is 95.9 Å². The van der Waals surface area contributed by atoms with Crippen LogP contribution in [0.2, 0.25) is 0 Å². The van der Waals surface area contributed by atoms with Gasteiger partial charge in [0.1, 0.15) is 0 Å². The fourth-order valence-corrected chi connectivity index (χ4v) is 5.26. The summed E-state index contributed by atoms with van der Waals surface area (Å²) in [7, 11) is -3.97. The van der Waals surface area contributed by atoms with Crippen LogP contribution in [0.15, 0.2) is 79.3 Å². The van der Waals surface area contributed by atoms with Gasteiger partial charge in [-0.2, -0.15) is 0 Å². The number of pyridine rings is 1.